The summed E-state index contributed by atoms with van der Waals surface area (Å²) in [6, 6.07) is 8.52. The minimum atomic E-state index is 0.184. The Bertz CT molecular complexity index is 591. The second-order valence-corrected chi connectivity index (χ2v) is 7.32. The van der Waals surface area contributed by atoms with Gasteiger partial charge >= 0.3 is 0 Å². The van der Waals surface area contributed by atoms with E-state index in [1.54, 1.807) is 6.08 Å². The van der Waals surface area contributed by atoms with Crippen LogP contribution >= 0.6 is 0 Å². The molecule has 3 fully saturated rings. The lowest BCUT2D eigenvalue weighted by atomic mass is 9.92. The molecule has 0 aromatic heterocycles. The molecule has 1 aromatic carbocycles. The zero-order chi connectivity index (χ0) is 15.6. The molecule has 2 heterocycles. The van der Waals surface area contributed by atoms with Crippen LogP contribution in [0.5, 0.6) is 0 Å². The SMILES string of the molecule is O=C(C=Cc1ccccc1C1CC1)N1CCC2CNCC2CC1. The molecule has 0 radical (unpaired) electrons. The second-order valence-electron chi connectivity index (χ2n) is 7.32. The average Bonchev–Trinajstić information content (AvgIpc) is 3.36. The van der Waals surface area contributed by atoms with Gasteiger partial charge in [0.25, 0.3) is 0 Å². The summed E-state index contributed by atoms with van der Waals surface area (Å²) < 4.78 is 0. The maximum Gasteiger partial charge on any atom is 0.246 e. The lowest BCUT2D eigenvalue weighted by Crippen LogP contribution is -2.31. The van der Waals surface area contributed by atoms with Crippen molar-refractivity contribution in [3.05, 3.63) is 41.5 Å². The number of likely N-dealkylation sites (tertiary alicyclic amines) is 1. The van der Waals surface area contributed by atoms with Crippen LogP contribution in [-0.4, -0.2) is 37.0 Å². The van der Waals surface area contributed by atoms with Gasteiger partial charge < -0.3 is 10.2 Å². The highest BCUT2D eigenvalue weighted by Gasteiger charge is 2.31. The van der Waals surface area contributed by atoms with Crippen molar-refractivity contribution in [2.75, 3.05) is 26.2 Å². The zero-order valence-electron chi connectivity index (χ0n) is 13.7. The Balaban J connectivity index is 1.41. The first-order valence-electron chi connectivity index (χ1n) is 9.08. The monoisotopic (exact) mass is 310 g/mol. The van der Waals surface area contributed by atoms with Crippen molar-refractivity contribution >= 4 is 12.0 Å². The van der Waals surface area contributed by atoms with Crippen molar-refractivity contribution in [1.29, 1.82) is 0 Å². The molecule has 3 aliphatic rings. The Morgan fingerprint density at radius 3 is 2.43 bits per heavy atom. The number of fused-ring (bicyclic) bond motifs is 1. The Morgan fingerprint density at radius 1 is 1.04 bits per heavy atom. The quantitative estimate of drug-likeness (QED) is 0.870. The summed E-state index contributed by atoms with van der Waals surface area (Å²) in [5.74, 6) is 2.44. The molecule has 23 heavy (non-hydrogen) atoms. The third kappa shape index (κ3) is 3.35. The molecule has 4 rings (SSSR count). The van der Waals surface area contributed by atoms with E-state index in [-0.39, 0.29) is 5.91 Å². The molecule has 0 bridgehead atoms. The van der Waals surface area contributed by atoms with Crippen molar-refractivity contribution in [3.8, 4) is 0 Å². The number of carbonyl (C=O) groups is 1. The van der Waals surface area contributed by atoms with Crippen LogP contribution in [0, 0.1) is 11.8 Å². The molecule has 2 saturated heterocycles. The van der Waals surface area contributed by atoms with Crippen molar-refractivity contribution in [2.45, 2.75) is 31.6 Å². The first-order chi connectivity index (χ1) is 11.3. The summed E-state index contributed by atoms with van der Waals surface area (Å²) >= 11 is 0. The van der Waals surface area contributed by atoms with Gasteiger partial charge in [-0.1, -0.05) is 24.3 Å². The molecule has 2 unspecified atom stereocenters. The molecule has 3 heteroatoms. The summed E-state index contributed by atoms with van der Waals surface area (Å²) in [7, 11) is 0. The number of benzene rings is 1. The zero-order valence-corrected chi connectivity index (χ0v) is 13.7. The number of amides is 1. The number of nitrogens with zero attached hydrogens (tertiary/aromatic N) is 1. The largest absolute Gasteiger partial charge is 0.339 e. The number of hydrogen-bond donors (Lipinski definition) is 1. The van der Waals surface area contributed by atoms with Gasteiger partial charge in [-0.15, -0.1) is 0 Å². The normalized spacial score (nSPS) is 27.9. The molecular formula is C20H26N2O. The van der Waals surface area contributed by atoms with E-state index in [9.17, 15) is 4.79 Å². The van der Waals surface area contributed by atoms with E-state index in [1.807, 2.05) is 6.08 Å². The fraction of sp³-hybridized carbons (Fsp3) is 0.550. The minimum Gasteiger partial charge on any atom is -0.339 e. The summed E-state index contributed by atoms with van der Waals surface area (Å²) in [4.78, 5) is 14.6. The fourth-order valence-corrected chi connectivity index (χ4v) is 4.13. The van der Waals surface area contributed by atoms with E-state index in [0.717, 1.165) is 56.8 Å². The molecule has 1 N–H and O–H groups in total. The van der Waals surface area contributed by atoms with Crippen LogP contribution in [0.1, 0.15) is 42.7 Å². The van der Waals surface area contributed by atoms with Gasteiger partial charge in [0.05, 0.1) is 0 Å². The summed E-state index contributed by atoms with van der Waals surface area (Å²) in [5, 5.41) is 3.49. The molecule has 1 amide bonds. The predicted octanol–water partition coefficient (Wildman–Crippen LogP) is 3.04. The van der Waals surface area contributed by atoms with Crippen LogP contribution in [0.25, 0.3) is 6.08 Å². The van der Waals surface area contributed by atoms with E-state index in [0.29, 0.717) is 0 Å². The Labute approximate surface area is 138 Å². The van der Waals surface area contributed by atoms with Gasteiger partial charge in [0, 0.05) is 19.2 Å². The predicted molar refractivity (Wildman–Crippen MR) is 93.1 cm³/mol. The molecule has 2 aliphatic heterocycles. The topological polar surface area (TPSA) is 32.3 Å². The molecule has 2 atom stereocenters. The van der Waals surface area contributed by atoms with Gasteiger partial charge in [-0.2, -0.15) is 0 Å². The third-order valence-electron chi connectivity index (χ3n) is 5.75. The summed E-state index contributed by atoms with van der Waals surface area (Å²) in [6.07, 6.45) is 8.71. The molecule has 0 spiro atoms. The summed E-state index contributed by atoms with van der Waals surface area (Å²) in [6.45, 7) is 4.10. The molecule has 1 aromatic rings. The van der Waals surface area contributed by atoms with Gasteiger partial charge in [0.2, 0.25) is 5.91 Å². The van der Waals surface area contributed by atoms with E-state index in [2.05, 4.69) is 34.5 Å². The Kier molecular flexibility index (Phi) is 4.21. The lowest BCUT2D eigenvalue weighted by Gasteiger charge is -2.19. The maximum absolute atomic E-state index is 12.6. The van der Waals surface area contributed by atoms with E-state index < -0.39 is 0 Å². The van der Waals surface area contributed by atoms with Crippen LogP contribution in [-0.2, 0) is 4.79 Å². The number of carbonyl (C=O) groups excluding carboxylic acids is 1. The van der Waals surface area contributed by atoms with Gasteiger partial charge in [-0.3, -0.25) is 4.79 Å². The standard InChI is InChI=1S/C20H26N2O/c23-20(22-11-9-17-13-21-14-18(17)10-12-22)8-7-15-3-1-2-4-19(15)16-5-6-16/h1-4,7-8,16-18,21H,5-6,9-14H2. The molecule has 122 valence electrons. The van der Waals surface area contributed by atoms with E-state index in [1.165, 1.54) is 24.0 Å². The molecule has 3 nitrogen and oxygen atoms in total. The van der Waals surface area contributed by atoms with Crippen LogP contribution < -0.4 is 5.32 Å². The van der Waals surface area contributed by atoms with Crippen LogP contribution in [0.4, 0.5) is 0 Å². The highest BCUT2D eigenvalue weighted by Crippen LogP contribution is 2.41. The summed E-state index contributed by atoms with van der Waals surface area (Å²) in [5.41, 5.74) is 2.63. The van der Waals surface area contributed by atoms with Crippen molar-refractivity contribution in [1.82, 2.24) is 10.2 Å². The van der Waals surface area contributed by atoms with E-state index in [4.69, 9.17) is 0 Å². The first kappa shape index (κ1) is 14.9. The number of hydrogen-bond acceptors (Lipinski definition) is 2. The highest BCUT2D eigenvalue weighted by atomic mass is 16.2. The van der Waals surface area contributed by atoms with Crippen LogP contribution in [0.15, 0.2) is 30.3 Å². The van der Waals surface area contributed by atoms with Crippen LogP contribution in [0.3, 0.4) is 0 Å². The maximum atomic E-state index is 12.6. The van der Waals surface area contributed by atoms with Crippen molar-refractivity contribution in [3.63, 3.8) is 0 Å². The lowest BCUT2D eigenvalue weighted by molar-refractivity contribution is -0.125. The van der Waals surface area contributed by atoms with Gasteiger partial charge in [-0.25, -0.2) is 0 Å². The smallest absolute Gasteiger partial charge is 0.246 e. The fourth-order valence-electron chi connectivity index (χ4n) is 4.13. The number of rotatable bonds is 3. The Hall–Kier alpha value is -1.61. The highest BCUT2D eigenvalue weighted by molar-refractivity contribution is 5.92. The van der Waals surface area contributed by atoms with Gasteiger partial charge in [0.1, 0.15) is 0 Å². The third-order valence-corrected chi connectivity index (χ3v) is 5.75. The molecule has 1 aliphatic carbocycles. The van der Waals surface area contributed by atoms with Crippen molar-refractivity contribution < 1.29 is 4.79 Å². The van der Waals surface area contributed by atoms with Crippen molar-refractivity contribution in [2.24, 2.45) is 11.8 Å². The van der Waals surface area contributed by atoms with Gasteiger partial charge in [0.15, 0.2) is 0 Å². The Morgan fingerprint density at radius 2 is 1.74 bits per heavy atom. The van der Waals surface area contributed by atoms with Gasteiger partial charge in [-0.05, 0) is 73.7 Å². The second kappa shape index (κ2) is 6.48. The molecular weight excluding hydrogens is 284 g/mol. The average molecular weight is 310 g/mol. The number of nitrogens with one attached hydrogen (secondary N) is 1. The van der Waals surface area contributed by atoms with Crippen LogP contribution in [0.2, 0.25) is 0 Å². The minimum absolute atomic E-state index is 0.184. The van der Waals surface area contributed by atoms with E-state index >= 15 is 0 Å². The molecule has 1 saturated carbocycles. The first-order valence-corrected chi connectivity index (χ1v) is 9.08.